The summed E-state index contributed by atoms with van der Waals surface area (Å²) >= 11 is 0. The Kier molecular flexibility index (Phi) is 5.26. The second-order valence-corrected chi connectivity index (χ2v) is 4.22. The van der Waals surface area contributed by atoms with Crippen molar-refractivity contribution in [3.05, 3.63) is 24.4 Å². The number of fused-ring (bicyclic) bond motifs is 1. The van der Waals surface area contributed by atoms with Crippen molar-refractivity contribution < 1.29 is 0 Å². The molecule has 1 fully saturated rings. The van der Waals surface area contributed by atoms with Crippen LogP contribution in [-0.4, -0.2) is 36.0 Å². The molecule has 2 heterocycles. The fourth-order valence-corrected chi connectivity index (χ4v) is 2.34. The maximum Gasteiger partial charge on any atom is 0.0700 e. The molecule has 0 bridgehead atoms. The molecule has 0 amide bonds. The van der Waals surface area contributed by atoms with Crippen LogP contribution in [0.1, 0.15) is 0 Å². The zero-order valence-electron chi connectivity index (χ0n) is 10.3. The Labute approximate surface area is 119 Å². The molecule has 18 heavy (non-hydrogen) atoms. The summed E-state index contributed by atoms with van der Waals surface area (Å²) in [5.74, 6) is 0. The van der Waals surface area contributed by atoms with Crippen molar-refractivity contribution in [1.82, 2.24) is 15.1 Å². The molecule has 2 aromatic rings. The van der Waals surface area contributed by atoms with Crippen molar-refractivity contribution in [2.24, 2.45) is 7.05 Å². The normalized spacial score (nSPS) is 15.1. The van der Waals surface area contributed by atoms with E-state index in [-0.39, 0.29) is 24.8 Å². The molecule has 0 aliphatic carbocycles. The zero-order valence-corrected chi connectivity index (χ0v) is 11.9. The van der Waals surface area contributed by atoms with E-state index in [0.29, 0.717) is 0 Å². The molecule has 100 valence electrons. The Hall–Kier alpha value is -0.970. The lowest BCUT2D eigenvalue weighted by Crippen LogP contribution is -2.43. The molecule has 1 aliphatic rings. The Morgan fingerprint density at radius 2 is 1.89 bits per heavy atom. The minimum Gasteiger partial charge on any atom is -0.368 e. The second-order valence-electron chi connectivity index (χ2n) is 4.22. The first-order chi connectivity index (χ1) is 7.86. The summed E-state index contributed by atoms with van der Waals surface area (Å²) in [6, 6.07) is 6.42. The van der Waals surface area contributed by atoms with Crippen molar-refractivity contribution in [2.45, 2.75) is 0 Å². The van der Waals surface area contributed by atoms with Crippen molar-refractivity contribution >= 4 is 41.4 Å². The lowest BCUT2D eigenvalue weighted by Gasteiger charge is -2.29. The average Bonchev–Trinajstić information content (AvgIpc) is 2.73. The standard InChI is InChI=1S/C12H16N4.2ClH/c1-15-11-3-2-4-12(10(11)9-14-15)16-7-5-13-6-8-16;;/h2-4,9,13H,5-8H2,1H3;2*1H. The van der Waals surface area contributed by atoms with Gasteiger partial charge in [0, 0.05) is 44.3 Å². The van der Waals surface area contributed by atoms with Crippen LogP contribution in [0, 0.1) is 0 Å². The SMILES string of the molecule is Cl.Cl.Cn1ncc2c(N3CCNCC3)cccc21. The quantitative estimate of drug-likeness (QED) is 0.869. The number of halogens is 2. The second kappa shape index (κ2) is 6.27. The van der Waals surface area contributed by atoms with Crippen LogP contribution in [0.15, 0.2) is 24.4 Å². The van der Waals surface area contributed by atoms with Gasteiger partial charge in [0.25, 0.3) is 0 Å². The predicted octanol–water partition coefficient (Wildman–Crippen LogP) is 1.83. The highest BCUT2D eigenvalue weighted by atomic mass is 35.5. The van der Waals surface area contributed by atoms with Crippen molar-refractivity contribution in [2.75, 3.05) is 31.1 Å². The third-order valence-electron chi connectivity index (χ3n) is 3.23. The largest absolute Gasteiger partial charge is 0.368 e. The molecular formula is C12H18Cl2N4. The number of anilines is 1. The van der Waals surface area contributed by atoms with Gasteiger partial charge in [-0.15, -0.1) is 24.8 Å². The molecular weight excluding hydrogens is 271 g/mol. The number of nitrogens with zero attached hydrogens (tertiary/aromatic N) is 3. The van der Waals surface area contributed by atoms with Crippen LogP contribution in [0.3, 0.4) is 0 Å². The number of hydrogen-bond donors (Lipinski definition) is 1. The van der Waals surface area contributed by atoms with Gasteiger partial charge >= 0.3 is 0 Å². The lowest BCUT2D eigenvalue weighted by molar-refractivity contribution is 0.590. The molecule has 0 saturated carbocycles. The van der Waals surface area contributed by atoms with Gasteiger partial charge in [-0.1, -0.05) is 6.07 Å². The molecule has 6 heteroatoms. The summed E-state index contributed by atoms with van der Waals surface area (Å²) in [6.45, 7) is 4.29. The first-order valence-corrected chi connectivity index (χ1v) is 5.72. The number of nitrogens with one attached hydrogen (secondary N) is 1. The van der Waals surface area contributed by atoms with Crippen LogP contribution in [-0.2, 0) is 7.05 Å². The monoisotopic (exact) mass is 288 g/mol. The van der Waals surface area contributed by atoms with E-state index in [4.69, 9.17) is 0 Å². The van der Waals surface area contributed by atoms with Gasteiger partial charge in [-0.3, -0.25) is 4.68 Å². The van der Waals surface area contributed by atoms with Crippen LogP contribution >= 0.6 is 24.8 Å². The third kappa shape index (κ3) is 2.55. The van der Waals surface area contributed by atoms with Crippen LogP contribution in [0.2, 0.25) is 0 Å². The minimum absolute atomic E-state index is 0. The average molecular weight is 289 g/mol. The first kappa shape index (κ1) is 15.1. The molecule has 0 radical (unpaired) electrons. The summed E-state index contributed by atoms with van der Waals surface area (Å²) in [4.78, 5) is 2.43. The number of aryl methyl sites for hydroxylation is 1. The Morgan fingerprint density at radius 1 is 1.17 bits per heavy atom. The molecule has 1 aromatic heterocycles. The maximum atomic E-state index is 4.33. The molecule has 3 rings (SSSR count). The molecule has 1 saturated heterocycles. The van der Waals surface area contributed by atoms with E-state index in [0.717, 1.165) is 26.2 Å². The predicted molar refractivity (Wildman–Crippen MR) is 80.3 cm³/mol. The zero-order chi connectivity index (χ0) is 11.0. The minimum atomic E-state index is 0. The maximum absolute atomic E-state index is 4.33. The fourth-order valence-electron chi connectivity index (χ4n) is 2.34. The first-order valence-electron chi connectivity index (χ1n) is 5.72. The molecule has 0 unspecified atom stereocenters. The number of benzene rings is 1. The molecule has 0 atom stereocenters. The van der Waals surface area contributed by atoms with E-state index in [1.54, 1.807) is 0 Å². The number of piperazine rings is 1. The van der Waals surface area contributed by atoms with E-state index in [1.807, 2.05) is 17.9 Å². The topological polar surface area (TPSA) is 33.1 Å². The van der Waals surface area contributed by atoms with E-state index in [9.17, 15) is 0 Å². The summed E-state index contributed by atoms with van der Waals surface area (Å²) in [5, 5.41) is 8.96. The van der Waals surface area contributed by atoms with Crippen LogP contribution in [0.4, 0.5) is 5.69 Å². The Balaban J connectivity index is 0.000000810. The number of aromatic nitrogens is 2. The fraction of sp³-hybridized carbons (Fsp3) is 0.417. The van der Waals surface area contributed by atoms with Gasteiger partial charge in [-0.25, -0.2) is 0 Å². The summed E-state index contributed by atoms with van der Waals surface area (Å²) in [7, 11) is 1.99. The van der Waals surface area contributed by atoms with E-state index in [1.165, 1.54) is 16.6 Å². The highest BCUT2D eigenvalue weighted by Crippen LogP contribution is 2.26. The highest BCUT2D eigenvalue weighted by Gasteiger charge is 2.14. The lowest BCUT2D eigenvalue weighted by atomic mass is 10.2. The van der Waals surface area contributed by atoms with E-state index in [2.05, 4.69) is 33.5 Å². The van der Waals surface area contributed by atoms with Gasteiger partial charge in [0.15, 0.2) is 0 Å². The molecule has 0 spiro atoms. The summed E-state index contributed by atoms with van der Waals surface area (Å²) < 4.78 is 1.93. The van der Waals surface area contributed by atoms with E-state index < -0.39 is 0 Å². The van der Waals surface area contributed by atoms with Crippen LogP contribution in [0.25, 0.3) is 10.9 Å². The molecule has 1 aliphatic heterocycles. The smallest absolute Gasteiger partial charge is 0.0700 e. The van der Waals surface area contributed by atoms with Gasteiger partial charge in [0.2, 0.25) is 0 Å². The van der Waals surface area contributed by atoms with E-state index >= 15 is 0 Å². The molecule has 4 nitrogen and oxygen atoms in total. The van der Waals surface area contributed by atoms with Gasteiger partial charge in [0.1, 0.15) is 0 Å². The Bertz CT molecular complexity index is 506. The van der Waals surface area contributed by atoms with Gasteiger partial charge in [-0.05, 0) is 12.1 Å². The van der Waals surface area contributed by atoms with Gasteiger partial charge in [0.05, 0.1) is 11.7 Å². The van der Waals surface area contributed by atoms with Gasteiger partial charge < -0.3 is 10.2 Å². The van der Waals surface area contributed by atoms with Crippen molar-refractivity contribution in [3.8, 4) is 0 Å². The van der Waals surface area contributed by atoms with Crippen molar-refractivity contribution in [1.29, 1.82) is 0 Å². The van der Waals surface area contributed by atoms with Crippen LogP contribution < -0.4 is 10.2 Å². The van der Waals surface area contributed by atoms with Crippen molar-refractivity contribution in [3.63, 3.8) is 0 Å². The number of rotatable bonds is 1. The number of hydrogen-bond acceptors (Lipinski definition) is 3. The summed E-state index contributed by atoms with van der Waals surface area (Å²) in [5.41, 5.74) is 2.52. The third-order valence-corrected chi connectivity index (χ3v) is 3.23. The Morgan fingerprint density at radius 3 is 2.61 bits per heavy atom. The van der Waals surface area contributed by atoms with Crippen LogP contribution in [0.5, 0.6) is 0 Å². The summed E-state index contributed by atoms with van der Waals surface area (Å²) in [6.07, 6.45) is 1.96. The van der Waals surface area contributed by atoms with Gasteiger partial charge in [-0.2, -0.15) is 5.10 Å². The molecule has 1 aromatic carbocycles. The molecule has 1 N–H and O–H groups in total. The highest BCUT2D eigenvalue weighted by molar-refractivity contribution is 5.91.